The van der Waals surface area contributed by atoms with Gasteiger partial charge in [-0.15, -0.1) is 5.10 Å². The van der Waals surface area contributed by atoms with Crippen LogP contribution in [0.3, 0.4) is 0 Å². The van der Waals surface area contributed by atoms with Crippen LogP contribution < -0.4 is 14.8 Å². The summed E-state index contributed by atoms with van der Waals surface area (Å²) in [4.78, 5) is 12.3. The molecule has 0 aliphatic carbocycles. The maximum Gasteiger partial charge on any atom is 0.248 e. The predicted octanol–water partition coefficient (Wildman–Crippen LogP) is 3.82. The Morgan fingerprint density at radius 2 is 2.13 bits per heavy atom. The van der Waals surface area contributed by atoms with E-state index < -0.39 is 11.7 Å². The fourth-order valence-electron chi connectivity index (χ4n) is 2.68. The Balaban J connectivity index is 1.77. The zero-order valence-electron chi connectivity index (χ0n) is 16.5. The van der Waals surface area contributed by atoms with E-state index in [4.69, 9.17) is 21.1 Å². The number of hydrogen-bond acceptors (Lipinski definition) is 6. The summed E-state index contributed by atoms with van der Waals surface area (Å²) in [6.07, 6.45) is 2.91. The summed E-state index contributed by atoms with van der Waals surface area (Å²) in [5, 5.41) is 14.0. The molecule has 1 amide bonds. The summed E-state index contributed by atoms with van der Waals surface area (Å²) < 4.78 is 26.1. The van der Waals surface area contributed by atoms with Crippen LogP contribution in [0.2, 0.25) is 5.02 Å². The van der Waals surface area contributed by atoms with E-state index in [1.54, 1.807) is 25.1 Å². The smallest absolute Gasteiger partial charge is 0.248 e. The SMILES string of the molecule is CCOc1c(Cl)cc(/C=C/C(=O)Nc2ccc(F)c(-n3nnnc3C)c2)cc1OC. The van der Waals surface area contributed by atoms with Crippen molar-refractivity contribution in [2.75, 3.05) is 19.0 Å². The molecule has 3 rings (SSSR count). The molecule has 2 aromatic carbocycles. The van der Waals surface area contributed by atoms with Crippen LogP contribution in [0, 0.1) is 12.7 Å². The summed E-state index contributed by atoms with van der Waals surface area (Å²) in [6.45, 7) is 3.93. The van der Waals surface area contributed by atoms with Crippen molar-refractivity contribution in [3.8, 4) is 17.2 Å². The predicted molar refractivity (Wildman–Crippen MR) is 111 cm³/mol. The van der Waals surface area contributed by atoms with Gasteiger partial charge < -0.3 is 14.8 Å². The molecular formula is C20H19ClFN5O3. The average molecular weight is 432 g/mol. The Labute approximate surface area is 177 Å². The lowest BCUT2D eigenvalue weighted by Crippen LogP contribution is -2.09. The largest absolute Gasteiger partial charge is 0.493 e. The number of methoxy groups -OCH3 is 1. The van der Waals surface area contributed by atoms with E-state index in [1.807, 2.05) is 6.92 Å². The molecule has 1 heterocycles. The van der Waals surface area contributed by atoms with Gasteiger partial charge in [0, 0.05) is 11.8 Å². The molecule has 0 bridgehead atoms. The second kappa shape index (κ2) is 9.36. The maximum absolute atomic E-state index is 14.1. The van der Waals surface area contributed by atoms with Gasteiger partial charge in [0.05, 0.1) is 18.7 Å². The van der Waals surface area contributed by atoms with E-state index in [0.29, 0.717) is 40.2 Å². The highest BCUT2D eigenvalue weighted by Gasteiger charge is 2.12. The number of nitrogens with one attached hydrogen (secondary N) is 1. The zero-order valence-corrected chi connectivity index (χ0v) is 17.3. The van der Waals surface area contributed by atoms with Gasteiger partial charge in [-0.25, -0.2) is 4.39 Å². The van der Waals surface area contributed by atoms with E-state index in [1.165, 1.54) is 36.1 Å². The molecule has 1 N–H and O–H groups in total. The first-order valence-corrected chi connectivity index (χ1v) is 9.35. The Hall–Kier alpha value is -3.46. The molecule has 3 aromatic rings. The molecule has 1 aromatic heterocycles. The summed E-state index contributed by atoms with van der Waals surface area (Å²) in [7, 11) is 1.51. The summed E-state index contributed by atoms with van der Waals surface area (Å²) in [5.74, 6) is 0.392. The topological polar surface area (TPSA) is 91.2 Å². The monoisotopic (exact) mass is 431 g/mol. The molecule has 10 heteroatoms. The van der Waals surface area contributed by atoms with Crippen LogP contribution in [0.4, 0.5) is 10.1 Å². The number of ether oxygens (including phenoxy) is 2. The Morgan fingerprint density at radius 1 is 1.33 bits per heavy atom. The highest BCUT2D eigenvalue weighted by atomic mass is 35.5. The Morgan fingerprint density at radius 3 is 2.80 bits per heavy atom. The fraction of sp³-hybridized carbons (Fsp3) is 0.200. The van der Waals surface area contributed by atoms with Crippen molar-refractivity contribution in [1.82, 2.24) is 20.2 Å². The van der Waals surface area contributed by atoms with Gasteiger partial charge in [0.15, 0.2) is 17.3 Å². The second-order valence-corrected chi connectivity index (χ2v) is 6.50. The Kier molecular flexibility index (Phi) is 6.63. The van der Waals surface area contributed by atoms with Gasteiger partial charge in [-0.05, 0) is 66.2 Å². The third-order valence-corrected chi connectivity index (χ3v) is 4.32. The highest BCUT2D eigenvalue weighted by Crippen LogP contribution is 2.36. The molecular weight excluding hydrogens is 413 g/mol. The Bertz CT molecular complexity index is 1100. The minimum atomic E-state index is -0.518. The van der Waals surface area contributed by atoms with Gasteiger partial charge in [0.1, 0.15) is 11.5 Å². The summed E-state index contributed by atoms with van der Waals surface area (Å²) >= 11 is 6.24. The van der Waals surface area contributed by atoms with Crippen LogP contribution in [-0.4, -0.2) is 39.8 Å². The number of halogens is 2. The maximum atomic E-state index is 14.1. The highest BCUT2D eigenvalue weighted by molar-refractivity contribution is 6.32. The molecule has 8 nitrogen and oxygen atoms in total. The molecule has 0 spiro atoms. The van der Waals surface area contributed by atoms with Crippen molar-refractivity contribution >= 4 is 29.3 Å². The molecule has 0 fully saturated rings. The number of tetrazole rings is 1. The molecule has 0 aliphatic rings. The molecule has 0 saturated heterocycles. The van der Waals surface area contributed by atoms with Gasteiger partial charge in [-0.2, -0.15) is 4.68 Å². The number of aryl methyl sites for hydroxylation is 1. The van der Waals surface area contributed by atoms with Crippen LogP contribution in [-0.2, 0) is 4.79 Å². The molecule has 0 aliphatic heterocycles. The first-order chi connectivity index (χ1) is 14.4. The van der Waals surface area contributed by atoms with E-state index >= 15 is 0 Å². The zero-order chi connectivity index (χ0) is 21.7. The van der Waals surface area contributed by atoms with E-state index in [9.17, 15) is 9.18 Å². The minimum Gasteiger partial charge on any atom is -0.493 e. The van der Waals surface area contributed by atoms with Crippen molar-refractivity contribution in [1.29, 1.82) is 0 Å². The number of nitrogens with zero attached hydrogens (tertiary/aromatic N) is 4. The third kappa shape index (κ3) is 4.74. The first-order valence-electron chi connectivity index (χ1n) is 8.97. The van der Waals surface area contributed by atoms with Crippen LogP contribution in [0.5, 0.6) is 11.5 Å². The molecule has 0 unspecified atom stereocenters. The summed E-state index contributed by atoms with van der Waals surface area (Å²) in [6, 6.07) is 7.49. The number of hydrogen-bond donors (Lipinski definition) is 1. The molecule has 0 atom stereocenters. The quantitative estimate of drug-likeness (QED) is 0.572. The molecule has 30 heavy (non-hydrogen) atoms. The number of anilines is 1. The number of carbonyl (C=O) groups is 1. The van der Waals surface area contributed by atoms with Crippen LogP contribution in [0.1, 0.15) is 18.3 Å². The van der Waals surface area contributed by atoms with Crippen LogP contribution in [0.15, 0.2) is 36.4 Å². The van der Waals surface area contributed by atoms with Crippen molar-refractivity contribution in [2.45, 2.75) is 13.8 Å². The van der Waals surface area contributed by atoms with Crippen molar-refractivity contribution < 1.29 is 18.7 Å². The lowest BCUT2D eigenvalue weighted by Gasteiger charge is -2.12. The van der Waals surface area contributed by atoms with Gasteiger partial charge in [0.2, 0.25) is 5.91 Å². The first kappa shape index (κ1) is 21.3. The third-order valence-electron chi connectivity index (χ3n) is 4.03. The number of carbonyl (C=O) groups excluding carboxylic acids is 1. The number of rotatable bonds is 7. The van der Waals surface area contributed by atoms with E-state index in [0.717, 1.165) is 0 Å². The van der Waals surface area contributed by atoms with Crippen LogP contribution >= 0.6 is 11.6 Å². The lowest BCUT2D eigenvalue weighted by molar-refractivity contribution is -0.111. The molecule has 156 valence electrons. The standard InChI is InChI=1S/C20H19ClFN5O3/c1-4-30-20-15(21)9-13(10-18(20)29-3)5-8-19(28)23-14-6-7-16(22)17(11-14)27-12(2)24-25-26-27/h5-11H,4H2,1-3H3,(H,23,28)/b8-5+. The van der Waals surface area contributed by atoms with Crippen molar-refractivity contribution in [2.24, 2.45) is 0 Å². The van der Waals surface area contributed by atoms with E-state index in [2.05, 4.69) is 20.8 Å². The molecule has 0 radical (unpaired) electrons. The van der Waals surface area contributed by atoms with Crippen molar-refractivity contribution in [3.63, 3.8) is 0 Å². The second-order valence-electron chi connectivity index (χ2n) is 6.09. The molecule has 0 saturated carbocycles. The number of amides is 1. The fourth-order valence-corrected chi connectivity index (χ4v) is 2.96. The summed E-state index contributed by atoms with van der Waals surface area (Å²) in [5.41, 5.74) is 1.17. The van der Waals surface area contributed by atoms with Gasteiger partial charge >= 0.3 is 0 Å². The number of benzene rings is 2. The number of aromatic nitrogens is 4. The van der Waals surface area contributed by atoms with Crippen molar-refractivity contribution in [3.05, 3.63) is 58.6 Å². The van der Waals surface area contributed by atoms with E-state index in [-0.39, 0.29) is 5.69 Å². The lowest BCUT2D eigenvalue weighted by atomic mass is 10.2. The van der Waals surface area contributed by atoms with Gasteiger partial charge in [-0.3, -0.25) is 4.79 Å². The van der Waals surface area contributed by atoms with Crippen LogP contribution in [0.25, 0.3) is 11.8 Å². The average Bonchev–Trinajstić information content (AvgIpc) is 3.15. The van der Waals surface area contributed by atoms with Gasteiger partial charge in [-0.1, -0.05) is 11.6 Å². The van der Waals surface area contributed by atoms with Gasteiger partial charge in [0.25, 0.3) is 0 Å². The normalized spacial score (nSPS) is 11.0. The minimum absolute atomic E-state index is 0.127.